The van der Waals surface area contributed by atoms with E-state index >= 15 is 0 Å². The molecule has 2 N–H and O–H groups in total. The van der Waals surface area contributed by atoms with Gasteiger partial charge in [0.1, 0.15) is 0 Å². The van der Waals surface area contributed by atoms with Gasteiger partial charge in [0.15, 0.2) is 0 Å². The third kappa shape index (κ3) is 3.39. The van der Waals surface area contributed by atoms with Gasteiger partial charge in [-0.15, -0.1) is 0 Å². The van der Waals surface area contributed by atoms with Gasteiger partial charge < -0.3 is 15.2 Å². The summed E-state index contributed by atoms with van der Waals surface area (Å²) < 4.78 is 2.52. The zero-order valence-electron chi connectivity index (χ0n) is 20.5. The van der Waals surface area contributed by atoms with Crippen LogP contribution in [0.1, 0.15) is 57.1 Å². The maximum Gasteiger partial charge on any atom is 0.0610 e. The van der Waals surface area contributed by atoms with Crippen molar-refractivity contribution in [2.75, 3.05) is 18.0 Å². The van der Waals surface area contributed by atoms with E-state index in [2.05, 4.69) is 71.8 Å². The summed E-state index contributed by atoms with van der Waals surface area (Å²) in [5.74, 6) is 0.750. The third-order valence-electron chi connectivity index (χ3n) is 7.85. The summed E-state index contributed by atoms with van der Waals surface area (Å²) in [5, 5.41) is 2.55. The highest BCUT2D eigenvalue weighted by Crippen LogP contribution is 2.41. The molecule has 6 rings (SSSR count). The Hall–Kier alpha value is -3.27. The lowest BCUT2D eigenvalue weighted by Crippen LogP contribution is -2.26. The fourth-order valence-electron chi connectivity index (χ4n) is 5.89. The summed E-state index contributed by atoms with van der Waals surface area (Å²) in [7, 11) is 0. The largest absolute Gasteiger partial charge is 0.399 e. The molecule has 34 heavy (non-hydrogen) atoms. The van der Waals surface area contributed by atoms with E-state index in [0.717, 1.165) is 43.2 Å². The highest BCUT2D eigenvalue weighted by atomic mass is 15.1. The Morgan fingerprint density at radius 1 is 1.12 bits per heavy atom. The number of hydrogen-bond donors (Lipinski definition) is 1. The highest BCUT2D eigenvalue weighted by molar-refractivity contribution is 6.26. The summed E-state index contributed by atoms with van der Waals surface area (Å²) in [4.78, 5) is 7.09. The first-order chi connectivity index (χ1) is 16.4. The van der Waals surface area contributed by atoms with Crippen LogP contribution in [0.15, 0.2) is 59.8 Å². The van der Waals surface area contributed by atoms with Crippen molar-refractivity contribution in [1.29, 1.82) is 0 Å². The average molecular weight is 451 g/mol. The third-order valence-corrected chi connectivity index (χ3v) is 7.85. The van der Waals surface area contributed by atoms with Crippen LogP contribution < -0.4 is 10.6 Å². The van der Waals surface area contributed by atoms with Crippen molar-refractivity contribution in [3.8, 4) is 0 Å². The second-order valence-corrected chi connectivity index (χ2v) is 10.4. The lowest BCUT2D eigenvalue weighted by molar-refractivity contribution is 0.641. The van der Waals surface area contributed by atoms with Gasteiger partial charge in [-0.1, -0.05) is 19.2 Å². The SMILES string of the molecule is C=C(N)c1cc(C2=C(C)CN=C2C)cc2c3ccc(N4CCCCC4=C)cc3n(CC3CC3)c12. The lowest BCUT2D eigenvalue weighted by Gasteiger charge is -2.31. The van der Waals surface area contributed by atoms with Gasteiger partial charge in [-0.2, -0.15) is 0 Å². The van der Waals surface area contributed by atoms with E-state index < -0.39 is 0 Å². The van der Waals surface area contributed by atoms with Crippen molar-refractivity contribution < 1.29 is 0 Å². The van der Waals surface area contributed by atoms with Crippen LogP contribution in [0.3, 0.4) is 0 Å². The van der Waals surface area contributed by atoms with Crippen molar-refractivity contribution in [2.24, 2.45) is 16.6 Å². The molecular formula is C30H34N4. The normalized spacial score (nSPS) is 18.9. The Kier molecular flexibility index (Phi) is 4.94. The maximum absolute atomic E-state index is 6.44. The van der Waals surface area contributed by atoms with Crippen molar-refractivity contribution in [1.82, 2.24) is 4.57 Å². The zero-order chi connectivity index (χ0) is 23.6. The Morgan fingerprint density at radius 3 is 2.62 bits per heavy atom. The molecule has 2 aromatic carbocycles. The van der Waals surface area contributed by atoms with E-state index in [0.29, 0.717) is 5.70 Å². The van der Waals surface area contributed by atoms with Crippen LogP contribution in [0.2, 0.25) is 0 Å². The number of nitrogens with zero attached hydrogens (tertiary/aromatic N) is 3. The van der Waals surface area contributed by atoms with E-state index in [1.165, 1.54) is 75.6 Å². The van der Waals surface area contributed by atoms with Crippen molar-refractivity contribution in [3.05, 3.63) is 65.9 Å². The van der Waals surface area contributed by atoms with Crippen LogP contribution in [0.4, 0.5) is 5.69 Å². The zero-order valence-corrected chi connectivity index (χ0v) is 20.5. The monoisotopic (exact) mass is 450 g/mol. The minimum Gasteiger partial charge on any atom is -0.399 e. The molecule has 4 heteroatoms. The molecule has 2 fully saturated rings. The van der Waals surface area contributed by atoms with Gasteiger partial charge in [0.2, 0.25) is 0 Å². The topological polar surface area (TPSA) is 46.5 Å². The molecule has 1 saturated heterocycles. The van der Waals surface area contributed by atoms with Crippen LogP contribution >= 0.6 is 0 Å². The number of piperidine rings is 1. The van der Waals surface area contributed by atoms with Gasteiger partial charge in [-0.05, 0) is 87.3 Å². The molecule has 4 nitrogen and oxygen atoms in total. The summed E-state index contributed by atoms with van der Waals surface area (Å²) in [6, 6.07) is 11.6. The average Bonchev–Trinajstić information content (AvgIpc) is 3.51. The van der Waals surface area contributed by atoms with Gasteiger partial charge in [-0.25, -0.2) is 0 Å². The van der Waals surface area contributed by atoms with E-state index in [4.69, 9.17) is 5.73 Å². The van der Waals surface area contributed by atoms with Crippen LogP contribution in [0, 0.1) is 5.92 Å². The molecule has 1 aromatic heterocycles. The molecule has 3 aliphatic rings. The highest BCUT2D eigenvalue weighted by Gasteiger charge is 2.27. The quantitative estimate of drug-likeness (QED) is 0.460. The molecule has 3 heterocycles. The van der Waals surface area contributed by atoms with E-state index in [9.17, 15) is 0 Å². The Bertz CT molecular complexity index is 1430. The first-order valence-electron chi connectivity index (χ1n) is 12.6. The number of allylic oxidation sites excluding steroid dienone is 2. The molecular weight excluding hydrogens is 416 g/mol. The van der Waals surface area contributed by atoms with Crippen molar-refractivity contribution in [2.45, 2.75) is 52.5 Å². The number of nitrogens with two attached hydrogens (primary N) is 1. The van der Waals surface area contributed by atoms with Crippen molar-refractivity contribution >= 4 is 44.5 Å². The lowest BCUT2D eigenvalue weighted by atomic mass is 9.94. The Balaban J connectivity index is 1.63. The summed E-state index contributed by atoms with van der Waals surface area (Å²) in [5.41, 5.74) is 18.0. The minimum absolute atomic E-state index is 0.627. The first kappa shape index (κ1) is 21.3. The summed E-state index contributed by atoms with van der Waals surface area (Å²) in [6.45, 7) is 15.7. The second-order valence-electron chi connectivity index (χ2n) is 10.4. The smallest absolute Gasteiger partial charge is 0.0610 e. The molecule has 0 bridgehead atoms. The Labute approximate surface area is 202 Å². The number of benzene rings is 2. The summed E-state index contributed by atoms with van der Waals surface area (Å²) >= 11 is 0. The molecule has 0 spiro atoms. The van der Waals surface area contributed by atoms with E-state index in [1.54, 1.807) is 0 Å². The molecule has 0 radical (unpaired) electrons. The number of fused-ring (bicyclic) bond motifs is 3. The van der Waals surface area contributed by atoms with Crippen LogP contribution in [-0.4, -0.2) is 23.4 Å². The molecule has 3 aromatic rings. The summed E-state index contributed by atoms with van der Waals surface area (Å²) in [6.07, 6.45) is 6.16. The van der Waals surface area contributed by atoms with Crippen LogP contribution in [-0.2, 0) is 6.54 Å². The molecule has 2 aliphatic heterocycles. The predicted molar refractivity (Wildman–Crippen MR) is 146 cm³/mol. The van der Waals surface area contributed by atoms with Gasteiger partial charge in [0, 0.05) is 57.8 Å². The molecule has 174 valence electrons. The van der Waals surface area contributed by atoms with E-state index in [1.807, 2.05) is 0 Å². The first-order valence-corrected chi connectivity index (χ1v) is 12.6. The van der Waals surface area contributed by atoms with Gasteiger partial charge in [-0.3, -0.25) is 4.99 Å². The number of aliphatic imine (C=N–C) groups is 1. The van der Waals surface area contributed by atoms with Crippen LogP contribution in [0.5, 0.6) is 0 Å². The fourth-order valence-corrected chi connectivity index (χ4v) is 5.89. The number of rotatable bonds is 5. The molecule has 1 saturated carbocycles. The van der Waals surface area contributed by atoms with Gasteiger partial charge in [0.05, 0.1) is 17.6 Å². The number of hydrogen-bond acceptors (Lipinski definition) is 3. The minimum atomic E-state index is 0.627. The number of anilines is 1. The van der Waals surface area contributed by atoms with E-state index in [-0.39, 0.29) is 0 Å². The maximum atomic E-state index is 6.44. The van der Waals surface area contributed by atoms with Crippen molar-refractivity contribution in [3.63, 3.8) is 0 Å². The number of aromatic nitrogens is 1. The Morgan fingerprint density at radius 2 is 1.94 bits per heavy atom. The molecule has 0 amide bonds. The predicted octanol–water partition coefficient (Wildman–Crippen LogP) is 6.89. The van der Waals surface area contributed by atoms with Crippen LogP contribution in [0.25, 0.3) is 33.1 Å². The van der Waals surface area contributed by atoms with Gasteiger partial charge in [0.25, 0.3) is 0 Å². The standard InChI is InChI=1S/C30H34N4/c1-18-16-32-21(4)29(18)23-13-26(20(3)31)30-27(14-23)25-11-10-24(33-12-6-5-7-19(33)2)15-28(25)34(30)17-22-8-9-22/h10-11,13-15,22H,2-3,5-9,12,16-17,31H2,1,4H3. The van der Waals surface area contributed by atoms with Gasteiger partial charge >= 0.3 is 0 Å². The fraction of sp³-hybridized carbons (Fsp3) is 0.367. The molecule has 0 atom stereocenters. The molecule has 0 unspecified atom stereocenters. The second kappa shape index (κ2) is 7.90. The molecule has 1 aliphatic carbocycles.